The smallest absolute Gasteiger partial charge is 0.212 e. The minimum atomic E-state index is 0.617. The van der Waals surface area contributed by atoms with Gasteiger partial charge in [0.25, 0.3) is 0 Å². The molecule has 0 saturated carbocycles. The van der Waals surface area contributed by atoms with E-state index in [9.17, 15) is 4.79 Å². The van der Waals surface area contributed by atoms with Gasteiger partial charge in [0.2, 0.25) is 6.41 Å². The summed E-state index contributed by atoms with van der Waals surface area (Å²) in [4.78, 5) is 11.5. The molecule has 0 bridgehead atoms. The summed E-state index contributed by atoms with van der Waals surface area (Å²) in [5.74, 6) is 0. The molecule has 4 nitrogen and oxygen atoms in total. The molecule has 1 amide bonds. The van der Waals surface area contributed by atoms with E-state index < -0.39 is 0 Å². The van der Waals surface area contributed by atoms with Crippen molar-refractivity contribution in [2.45, 2.75) is 13.0 Å². The van der Waals surface area contributed by atoms with Gasteiger partial charge in [0, 0.05) is 11.4 Å². The fourth-order valence-electron chi connectivity index (χ4n) is 1.61. The van der Waals surface area contributed by atoms with Crippen molar-refractivity contribution < 1.29 is 4.79 Å². The lowest BCUT2D eigenvalue weighted by molar-refractivity contribution is -0.105. The predicted molar refractivity (Wildman–Crippen MR) is 54.1 cm³/mol. The third-order valence-electron chi connectivity index (χ3n) is 2.23. The van der Waals surface area contributed by atoms with Gasteiger partial charge in [-0.05, 0) is 18.5 Å². The third kappa shape index (κ3) is 1.39. The predicted octanol–water partition coefficient (Wildman–Crippen LogP) is 0.834. The van der Waals surface area contributed by atoms with Crippen molar-refractivity contribution in [1.82, 2.24) is 5.32 Å². The maximum atomic E-state index is 10.3. The van der Waals surface area contributed by atoms with E-state index in [2.05, 4.69) is 16.7 Å². The summed E-state index contributed by atoms with van der Waals surface area (Å²) < 4.78 is 0. The Bertz CT molecular complexity index is 405. The minimum Gasteiger partial charge on any atom is -0.319 e. The van der Waals surface area contributed by atoms with Crippen LogP contribution in [0.2, 0.25) is 0 Å². The molecule has 1 aliphatic rings. The van der Waals surface area contributed by atoms with Gasteiger partial charge in [-0.1, -0.05) is 0 Å². The van der Waals surface area contributed by atoms with Crippen LogP contribution in [0, 0.1) is 11.3 Å². The number of carbonyl (C=O) groups is 1. The van der Waals surface area contributed by atoms with E-state index in [0.717, 1.165) is 30.0 Å². The number of rotatable bonds is 2. The van der Waals surface area contributed by atoms with Gasteiger partial charge in [0.05, 0.1) is 5.56 Å². The fraction of sp³-hybridized carbons (Fsp3) is 0.333. The number of nitrogens with zero attached hydrogens (tertiary/aromatic N) is 1. The van der Waals surface area contributed by atoms with E-state index in [1.807, 2.05) is 0 Å². The van der Waals surface area contributed by atoms with E-state index in [-0.39, 0.29) is 0 Å². The van der Waals surface area contributed by atoms with Gasteiger partial charge in [0.15, 0.2) is 0 Å². The van der Waals surface area contributed by atoms with Crippen LogP contribution in [0.5, 0.6) is 0 Å². The van der Waals surface area contributed by atoms with E-state index in [1.54, 1.807) is 0 Å². The highest BCUT2D eigenvalue weighted by molar-refractivity contribution is 7.16. The molecule has 1 aliphatic heterocycles. The number of nitriles is 1. The molecule has 0 aliphatic carbocycles. The van der Waals surface area contributed by atoms with Gasteiger partial charge >= 0.3 is 0 Å². The molecule has 0 fully saturated rings. The highest BCUT2D eigenvalue weighted by Gasteiger charge is 2.19. The Morgan fingerprint density at radius 3 is 3.21 bits per heavy atom. The first-order valence-corrected chi connectivity index (χ1v) is 5.14. The van der Waals surface area contributed by atoms with Crippen molar-refractivity contribution in [3.8, 4) is 6.07 Å². The number of amides is 1. The van der Waals surface area contributed by atoms with Crippen LogP contribution in [0.3, 0.4) is 0 Å². The topological polar surface area (TPSA) is 64.9 Å². The highest BCUT2D eigenvalue weighted by Crippen LogP contribution is 2.34. The maximum absolute atomic E-state index is 10.3. The van der Waals surface area contributed by atoms with Crippen LogP contribution in [0.25, 0.3) is 0 Å². The van der Waals surface area contributed by atoms with Crippen molar-refractivity contribution in [1.29, 1.82) is 5.26 Å². The molecule has 72 valence electrons. The summed E-state index contributed by atoms with van der Waals surface area (Å²) in [7, 11) is 0. The van der Waals surface area contributed by atoms with Crippen LogP contribution in [0.4, 0.5) is 5.00 Å². The van der Waals surface area contributed by atoms with Crippen molar-refractivity contribution in [2.75, 3.05) is 11.9 Å². The van der Waals surface area contributed by atoms with E-state index in [4.69, 9.17) is 5.26 Å². The molecule has 0 saturated heterocycles. The van der Waals surface area contributed by atoms with Crippen LogP contribution in [0.15, 0.2) is 0 Å². The molecular weight excluding hydrogens is 198 g/mol. The van der Waals surface area contributed by atoms with Gasteiger partial charge in [-0.2, -0.15) is 5.26 Å². The van der Waals surface area contributed by atoms with Gasteiger partial charge < -0.3 is 10.6 Å². The summed E-state index contributed by atoms with van der Waals surface area (Å²) in [5, 5.41) is 15.5. The van der Waals surface area contributed by atoms with Crippen LogP contribution < -0.4 is 10.6 Å². The molecule has 0 atom stereocenters. The molecule has 0 aromatic carbocycles. The van der Waals surface area contributed by atoms with Gasteiger partial charge in [-0.15, -0.1) is 11.3 Å². The van der Waals surface area contributed by atoms with Crippen LogP contribution in [-0.4, -0.2) is 13.0 Å². The number of carbonyl (C=O) groups excluding carboxylic acids is 1. The zero-order valence-electron chi connectivity index (χ0n) is 7.46. The second-order valence-electron chi connectivity index (χ2n) is 3.01. The minimum absolute atomic E-state index is 0.617. The normalized spacial score (nSPS) is 14.2. The van der Waals surface area contributed by atoms with Crippen molar-refractivity contribution in [2.24, 2.45) is 0 Å². The average Bonchev–Trinajstić information content (AvgIpc) is 2.55. The highest BCUT2D eigenvalue weighted by atomic mass is 32.1. The zero-order valence-corrected chi connectivity index (χ0v) is 8.28. The number of anilines is 1. The summed E-state index contributed by atoms with van der Waals surface area (Å²) in [6.45, 7) is 1.70. The van der Waals surface area contributed by atoms with E-state index in [0.29, 0.717) is 17.0 Å². The maximum Gasteiger partial charge on any atom is 0.212 e. The Labute approximate surface area is 85.5 Å². The molecule has 14 heavy (non-hydrogen) atoms. The second-order valence-corrected chi connectivity index (χ2v) is 4.11. The third-order valence-corrected chi connectivity index (χ3v) is 3.39. The lowest BCUT2D eigenvalue weighted by atomic mass is 10.1. The van der Waals surface area contributed by atoms with Gasteiger partial charge in [-0.25, -0.2) is 0 Å². The Kier molecular flexibility index (Phi) is 2.48. The molecule has 5 heteroatoms. The first-order valence-electron chi connectivity index (χ1n) is 4.32. The van der Waals surface area contributed by atoms with Crippen LogP contribution in [-0.2, 0) is 17.8 Å². The molecule has 1 aromatic rings. The molecule has 0 unspecified atom stereocenters. The number of hydrogen-bond acceptors (Lipinski definition) is 4. The van der Waals surface area contributed by atoms with Crippen molar-refractivity contribution in [3.63, 3.8) is 0 Å². The first-order chi connectivity index (χ1) is 6.86. The number of thiophene rings is 1. The first kappa shape index (κ1) is 9.19. The average molecular weight is 207 g/mol. The summed E-state index contributed by atoms with van der Waals surface area (Å²) in [6.07, 6.45) is 1.49. The number of nitrogens with one attached hydrogen (secondary N) is 2. The standard InChI is InChI=1S/C9H9N3OS/c10-3-7-6-1-2-11-4-8(6)14-9(7)12-5-13/h5,11H,1-2,4H2,(H,12,13). The van der Waals surface area contributed by atoms with Gasteiger partial charge in [-0.3, -0.25) is 4.79 Å². The fourth-order valence-corrected chi connectivity index (χ4v) is 2.73. The summed E-state index contributed by atoms with van der Waals surface area (Å²) >= 11 is 1.48. The molecule has 2 N–H and O–H groups in total. The van der Waals surface area contributed by atoms with E-state index in [1.165, 1.54) is 11.3 Å². The molecule has 2 heterocycles. The lowest BCUT2D eigenvalue weighted by Crippen LogP contribution is -2.22. The quantitative estimate of drug-likeness (QED) is 0.706. The second kappa shape index (κ2) is 3.78. The number of fused-ring (bicyclic) bond motifs is 1. The Morgan fingerprint density at radius 2 is 2.50 bits per heavy atom. The Balaban J connectivity index is 2.47. The Morgan fingerprint density at radius 1 is 1.64 bits per heavy atom. The van der Waals surface area contributed by atoms with Crippen molar-refractivity contribution >= 4 is 22.7 Å². The molecule has 0 radical (unpaired) electrons. The Hall–Kier alpha value is -1.38. The molecule has 0 spiro atoms. The largest absolute Gasteiger partial charge is 0.319 e. The zero-order chi connectivity index (χ0) is 9.97. The van der Waals surface area contributed by atoms with Gasteiger partial charge in [0.1, 0.15) is 11.1 Å². The number of hydrogen-bond donors (Lipinski definition) is 2. The summed E-state index contributed by atoms with van der Waals surface area (Å²) in [5.41, 5.74) is 1.74. The lowest BCUT2D eigenvalue weighted by Gasteiger charge is -2.11. The summed E-state index contributed by atoms with van der Waals surface area (Å²) in [6, 6.07) is 2.15. The molecular formula is C9H9N3OS. The molecule has 2 rings (SSSR count). The monoisotopic (exact) mass is 207 g/mol. The van der Waals surface area contributed by atoms with Crippen LogP contribution >= 0.6 is 11.3 Å². The van der Waals surface area contributed by atoms with Crippen LogP contribution in [0.1, 0.15) is 16.0 Å². The van der Waals surface area contributed by atoms with E-state index >= 15 is 0 Å². The molecule has 1 aromatic heterocycles. The van der Waals surface area contributed by atoms with Crippen molar-refractivity contribution in [3.05, 3.63) is 16.0 Å². The SMILES string of the molecule is N#Cc1c(NC=O)sc2c1CCNC2.